The molecule has 0 aromatic heterocycles. The first-order valence-corrected chi connectivity index (χ1v) is 11.3. The summed E-state index contributed by atoms with van der Waals surface area (Å²) < 4.78 is 5.33. The van der Waals surface area contributed by atoms with Gasteiger partial charge in [0.1, 0.15) is 10.9 Å². The minimum Gasteiger partial charge on any atom is -0.497 e. The number of methoxy groups -OCH3 is 1. The molecule has 0 bridgehead atoms. The zero-order valence-electron chi connectivity index (χ0n) is 16.6. The third kappa shape index (κ3) is 3.99. The maximum Gasteiger partial charge on any atom is 0.265 e. The second kappa shape index (κ2) is 9.29. The average molecular weight is 438 g/mol. The maximum atomic E-state index is 13.4. The van der Waals surface area contributed by atoms with Crippen LogP contribution in [-0.4, -0.2) is 30.5 Å². The molecule has 0 spiro atoms. The van der Waals surface area contributed by atoms with Gasteiger partial charge in [-0.1, -0.05) is 0 Å². The normalized spacial score (nSPS) is 15.8. The van der Waals surface area contributed by atoms with Crippen molar-refractivity contribution in [3.8, 4) is 5.75 Å². The van der Waals surface area contributed by atoms with Gasteiger partial charge in [0.25, 0.3) is 5.91 Å². The fourth-order valence-corrected chi connectivity index (χ4v) is 8.85. The van der Waals surface area contributed by atoms with E-state index in [2.05, 4.69) is 32.2 Å². The van der Waals surface area contributed by atoms with Gasteiger partial charge in [0.05, 0.1) is 7.11 Å². The molecule has 1 amide bonds. The summed E-state index contributed by atoms with van der Waals surface area (Å²) in [5, 5.41) is 3.15. The van der Waals surface area contributed by atoms with Gasteiger partial charge < -0.3 is 10.1 Å². The van der Waals surface area contributed by atoms with E-state index in [0.29, 0.717) is 0 Å². The van der Waals surface area contributed by atoms with Crippen LogP contribution in [-0.2, 0) is 37.5 Å². The van der Waals surface area contributed by atoms with Gasteiger partial charge in [-0.2, -0.15) is 13.1 Å². The standard InChI is InChI=1S/C20H32NO2P.Y/c1-7-24(8-2,9-3)20(11-10-12-20)19(22)21-18-15(4)13-17(23-6)14-16(18)5;/h7,13-14H,8-12H2,1-6H3,(H,21,22);. The molecule has 137 valence electrons. The molecule has 2 rings (SSSR count). The number of benzene rings is 1. The Bertz CT molecular complexity index is 578. The van der Waals surface area contributed by atoms with Crippen molar-refractivity contribution in [1.29, 1.82) is 0 Å². The van der Waals surface area contributed by atoms with E-state index in [1.807, 2.05) is 26.0 Å². The zero-order valence-corrected chi connectivity index (χ0v) is 20.3. The summed E-state index contributed by atoms with van der Waals surface area (Å²) in [5.41, 5.74) is 3.08. The molecule has 1 aliphatic rings. The molecule has 1 aliphatic carbocycles. The third-order valence-electron chi connectivity index (χ3n) is 6.06. The quantitative estimate of drug-likeness (QED) is 0.457. The molecule has 0 heterocycles. The predicted octanol–water partition coefficient (Wildman–Crippen LogP) is 5.41. The van der Waals surface area contributed by atoms with Crippen LogP contribution in [0, 0.1) is 20.0 Å². The van der Waals surface area contributed by atoms with Crippen molar-refractivity contribution in [3.05, 3.63) is 29.4 Å². The van der Waals surface area contributed by atoms with Crippen LogP contribution in [0.3, 0.4) is 0 Å². The van der Waals surface area contributed by atoms with Gasteiger partial charge in [-0.05, 0) is 70.2 Å². The SMILES string of the molecule is C[CH-][P+](CC)(CC)C1(C(=O)Nc2c(C)cc(OC)cc2C)CCC1.[Y]. The third-order valence-corrected chi connectivity index (χ3v) is 11.7. The molecular weight excluding hydrogens is 406 g/mol. The molecule has 1 saturated carbocycles. The minimum absolute atomic E-state index is 0. The largest absolute Gasteiger partial charge is 0.497 e. The van der Waals surface area contributed by atoms with Crippen LogP contribution in [0.4, 0.5) is 5.69 Å². The van der Waals surface area contributed by atoms with Crippen LogP contribution in [0.2, 0.25) is 0 Å². The first-order valence-electron chi connectivity index (χ1n) is 9.03. The van der Waals surface area contributed by atoms with Gasteiger partial charge >= 0.3 is 0 Å². The minimum atomic E-state index is -1.37. The summed E-state index contributed by atoms with van der Waals surface area (Å²) >= 11 is 0. The molecule has 1 N–H and O–H groups in total. The number of carbonyl (C=O) groups excluding carboxylic acids is 1. The van der Waals surface area contributed by atoms with Gasteiger partial charge in [0.2, 0.25) is 0 Å². The number of hydrogen-bond acceptors (Lipinski definition) is 2. The molecule has 0 aliphatic heterocycles. The fraction of sp³-hybridized carbons (Fsp3) is 0.600. The number of hydrogen-bond donors (Lipinski definition) is 1. The summed E-state index contributed by atoms with van der Waals surface area (Å²) in [4.78, 5) is 13.4. The van der Waals surface area contributed by atoms with Crippen LogP contribution in [0.25, 0.3) is 0 Å². The topological polar surface area (TPSA) is 38.3 Å². The molecule has 1 fully saturated rings. The van der Waals surface area contributed by atoms with Crippen molar-refractivity contribution in [2.45, 2.75) is 59.0 Å². The van der Waals surface area contributed by atoms with Crippen molar-refractivity contribution in [1.82, 2.24) is 0 Å². The molecular formula is C20H32NO2PY. The summed E-state index contributed by atoms with van der Waals surface area (Å²) in [6, 6.07) is 3.98. The van der Waals surface area contributed by atoms with Crippen LogP contribution >= 0.6 is 7.26 Å². The Balaban J connectivity index is 0.00000312. The summed E-state index contributed by atoms with van der Waals surface area (Å²) in [5.74, 6) is 1.08. The Morgan fingerprint density at radius 3 is 2.08 bits per heavy atom. The number of aryl methyl sites for hydroxylation is 2. The predicted molar refractivity (Wildman–Crippen MR) is 106 cm³/mol. The van der Waals surface area contributed by atoms with Crippen LogP contribution in [0.5, 0.6) is 5.75 Å². The smallest absolute Gasteiger partial charge is 0.265 e. The van der Waals surface area contributed by atoms with Crippen LogP contribution in [0.1, 0.15) is 51.2 Å². The van der Waals surface area contributed by atoms with Gasteiger partial charge in [-0.25, -0.2) is 0 Å². The molecule has 0 atom stereocenters. The van der Waals surface area contributed by atoms with Crippen LogP contribution in [0.15, 0.2) is 12.1 Å². The molecule has 3 nitrogen and oxygen atoms in total. The Morgan fingerprint density at radius 2 is 1.76 bits per heavy atom. The molecule has 0 unspecified atom stereocenters. The van der Waals surface area contributed by atoms with E-state index in [1.165, 1.54) is 6.42 Å². The number of carbonyl (C=O) groups is 1. The Morgan fingerprint density at radius 1 is 1.24 bits per heavy atom. The maximum absolute atomic E-state index is 13.4. The molecule has 1 aromatic rings. The van der Waals surface area contributed by atoms with Crippen molar-refractivity contribution in [2.75, 3.05) is 24.8 Å². The van der Waals surface area contributed by atoms with E-state index in [-0.39, 0.29) is 43.8 Å². The van der Waals surface area contributed by atoms with E-state index in [4.69, 9.17) is 4.74 Å². The van der Waals surface area contributed by atoms with Gasteiger partial charge in [0, 0.05) is 50.7 Å². The van der Waals surface area contributed by atoms with E-state index >= 15 is 0 Å². The van der Waals surface area contributed by atoms with Gasteiger partial charge in [-0.15, -0.1) is 7.26 Å². The Hall–Kier alpha value is 0.0239. The molecule has 1 radical (unpaired) electrons. The van der Waals surface area contributed by atoms with Crippen molar-refractivity contribution >= 4 is 18.9 Å². The van der Waals surface area contributed by atoms with E-state index in [9.17, 15) is 4.79 Å². The van der Waals surface area contributed by atoms with Gasteiger partial charge in [0.15, 0.2) is 0 Å². The van der Waals surface area contributed by atoms with E-state index in [1.54, 1.807) is 7.11 Å². The van der Waals surface area contributed by atoms with Crippen molar-refractivity contribution < 1.29 is 42.2 Å². The monoisotopic (exact) mass is 438 g/mol. The average Bonchev–Trinajstić information content (AvgIpc) is 2.53. The Kier molecular flexibility index (Phi) is 8.57. The molecule has 5 heteroatoms. The number of amides is 1. The number of ether oxygens (including phenoxy) is 1. The van der Waals surface area contributed by atoms with E-state index < -0.39 is 7.26 Å². The molecule has 0 saturated heterocycles. The van der Waals surface area contributed by atoms with Crippen LogP contribution < -0.4 is 10.1 Å². The number of rotatable bonds is 7. The second-order valence-corrected chi connectivity index (χ2v) is 11.6. The van der Waals surface area contributed by atoms with E-state index in [0.717, 1.165) is 47.7 Å². The molecule has 1 aromatic carbocycles. The summed E-state index contributed by atoms with van der Waals surface area (Å²) in [7, 11) is 0.300. The first kappa shape index (κ1) is 23.1. The van der Waals surface area contributed by atoms with Crippen molar-refractivity contribution in [2.24, 2.45) is 0 Å². The molecule has 25 heavy (non-hydrogen) atoms. The summed E-state index contributed by atoms with van der Waals surface area (Å²) in [6.07, 6.45) is 7.87. The Labute approximate surface area is 179 Å². The van der Waals surface area contributed by atoms with Crippen molar-refractivity contribution in [3.63, 3.8) is 0 Å². The number of anilines is 1. The summed E-state index contributed by atoms with van der Waals surface area (Å²) in [6.45, 7) is 10.8. The number of nitrogens with one attached hydrogen (secondary N) is 1. The fourth-order valence-electron chi connectivity index (χ4n) is 4.30. The van der Waals surface area contributed by atoms with Gasteiger partial charge in [-0.3, -0.25) is 4.79 Å². The second-order valence-electron chi connectivity index (χ2n) is 6.90. The zero-order chi connectivity index (χ0) is 18.0. The first-order chi connectivity index (χ1) is 11.4.